The number of nitrogen functional groups attached to an aromatic ring is 1. The third-order valence-corrected chi connectivity index (χ3v) is 6.42. The molecule has 1 aliphatic carbocycles. The maximum Gasteiger partial charge on any atom is 0.0907 e. The van der Waals surface area contributed by atoms with Crippen molar-refractivity contribution in [2.45, 2.75) is 34.6 Å². The lowest BCUT2D eigenvalue weighted by atomic mass is 10.0. The van der Waals surface area contributed by atoms with Crippen molar-refractivity contribution in [3.63, 3.8) is 0 Å². The number of thiazole rings is 1. The van der Waals surface area contributed by atoms with E-state index in [1.165, 1.54) is 0 Å². The molecule has 0 aliphatic heterocycles. The van der Waals surface area contributed by atoms with E-state index < -0.39 is 0 Å². The van der Waals surface area contributed by atoms with Gasteiger partial charge in [0.2, 0.25) is 0 Å². The number of aromatic nitrogens is 1. The summed E-state index contributed by atoms with van der Waals surface area (Å²) in [4.78, 5) is 4.54. The Morgan fingerprint density at radius 1 is 1.25 bits per heavy atom. The van der Waals surface area contributed by atoms with E-state index in [9.17, 15) is 0 Å². The Morgan fingerprint density at radius 2 is 1.90 bits per heavy atom. The van der Waals surface area contributed by atoms with Gasteiger partial charge in [-0.25, -0.2) is 4.98 Å². The van der Waals surface area contributed by atoms with E-state index in [1.54, 1.807) is 11.3 Å². The molecule has 1 saturated carbocycles. The van der Waals surface area contributed by atoms with E-state index in [2.05, 4.69) is 44.1 Å². The number of nitrogens with one attached hydrogen (secondary N) is 1. The van der Waals surface area contributed by atoms with Crippen molar-refractivity contribution in [2.24, 2.45) is 16.7 Å². The molecule has 3 nitrogen and oxygen atoms in total. The Hall–Kier alpha value is -1.29. The second-order valence-electron chi connectivity index (χ2n) is 7.02. The Bertz CT molecular complexity index is 656. The molecule has 0 bridgehead atoms. The molecule has 1 aliphatic rings. The molecule has 1 heterocycles. The summed E-state index contributed by atoms with van der Waals surface area (Å²) in [5, 5.41) is 4.61. The Labute approximate surface area is 124 Å². The van der Waals surface area contributed by atoms with Crippen LogP contribution < -0.4 is 11.1 Å². The number of rotatable bonds is 3. The molecule has 1 fully saturated rings. The monoisotopic (exact) mass is 289 g/mol. The Kier molecular flexibility index (Phi) is 2.81. The fourth-order valence-electron chi connectivity index (χ4n) is 3.31. The lowest BCUT2D eigenvalue weighted by Gasteiger charge is -2.10. The minimum atomic E-state index is 0.399. The summed E-state index contributed by atoms with van der Waals surface area (Å²) >= 11 is 1.69. The molecule has 1 aromatic heterocycles. The lowest BCUT2D eigenvalue weighted by molar-refractivity contribution is 0.457. The maximum atomic E-state index is 6.15. The Balaban J connectivity index is 1.80. The molecule has 0 amide bonds. The van der Waals surface area contributed by atoms with Gasteiger partial charge in [0.05, 0.1) is 26.6 Å². The number of nitrogens with zero attached hydrogens (tertiary/aromatic N) is 1. The average Bonchev–Trinajstić information content (AvgIpc) is 2.61. The van der Waals surface area contributed by atoms with E-state index in [0.29, 0.717) is 16.7 Å². The molecule has 0 atom stereocenters. The van der Waals surface area contributed by atoms with Crippen molar-refractivity contribution in [2.75, 3.05) is 17.6 Å². The van der Waals surface area contributed by atoms with Gasteiger partial charge in [-0.2, -0.15) is 0 Å². The molecule has 4 heteroatoms. The molecule has 0 unspecified atom stereocenters. The second-order valence-corrected chi connectivity index (χ2v) is 8.25. The van der Waals surface area contributed by atoms with Crippen LogP contribution in [0.2, 0.25) is 0 Å². The molecule has 3 rings (SSSR count). The predicted molar refractivity (Wildman–Crippen MR) is 88.3 cm³/mol. The van der Waals surface area contributed by atoms with Crippen LogP contribution in [0, 0.1) is 23.7 Å². The first kappa shape index (κ1) is 13.7. The highest BCUT2D eigenvalue weighted by Crippen LogP contribution is 2.68. The summed E-state index contributed by atoms with van der Waals surface area (Å²) in [6.07, 6.45) is 0. The van der Waals surface area contributed by atoms with Crippen LogP contribution in [0.15, 0.2) is 12.1 Å². The molecular formula is C16H23N3S. The van der Waals surface area contributed by atoms with Gasteiger partial charge in [-0.05, 0) is 35.8 Å². The summed E-state index contributed by atoms with van der Waals surface area (Å²) in [6.45, 7) is 12.4. The minimum absolute atomic E-state index is 0.399. The van der Waals surface area contributed by atoms with Crippen molar-refractivity contribution in [1.29, 1.82) is 0 Å². The van der Waals surface area contributed by atoms with Crippen molar-refractivity contribution in [1.82, 2.24) is 4.98 Å². The molecule has 0 saturated heterocycles. The largest absolute Gasteiger partial charge is 0.397 e. The van der Waals surface area contributed by atoms with Crippen LogP contribution in [0.5, 0.6) is 0 Å². The number of hydrogen-bond acceptors (Lipinski definition) is 4. The van der Waals surface area contributed by atoms with Gasteiger partial charge in [0, 0.05) is 6.54 Å². The highest BCUT2D eigenvalue weighted by molar-refractivity contribution is 7.18. The summed E-state index contributed by atoms with van der Waals surface area (Å²) in [7, 11) is 0. The van der Waals surface area contributed by atoms with Crippen LogP contribution in [0.25, 0.3) is 10.2 Å². The highest BCUT2D eigenvalue weighted by atomic mass is 32.1. The fraction of sp³-hybridized carbons (Fsp3) is 0.562. The van der Waals surface area contributed by atoms with Gasteiger partial charge in [-0.3, -0.25) is 0 Å². The van der Waals surface area contributed by atoms with Crippen molar-refractivity contribution >= 4 is 32.9 Å². The van der Waals surface area contributed by atoms with E-state index in [1.807, 2.05) is 13.0 Å². The number of fused-ring (bicyclic) bond motifs is 1. The predicted octanol–water partition coefficient (Wildman–Crippen LogP) is 4.28. The molecule has 0 radical (unpaired) electrons. The lowest BCUT2D eigenvalue weighted by Crippen LogP contribution is -2.09. The van der Waals surface area contributed by atoms with Gasteiger partial charge in [0.1, 0.15) is 0 Å². The minimum Gasteiger partial charge on any atom is -0.397 e. The van der Waals surface area contributed by atoms with E-state index >= 15 is 0 Å². The topological polar surface area (TPSA) is 50.9 Å². The summed E-state index contributed by atoms with van der Waals surface area (Å²) in [5.41, 5.74) is 9.82. The molecule has 108 valence electrons. The zero-order chi connectivity index (χ0) is 14.7. The van der Waals surface area contributed by atoms with E-state index in [-0.39, 0.29) is 0 Å². The normalized spacial score (nSPS) is 20.2. The standard InChI is InChI=1S/C16H23N3S/c1-9-19-12-7-11(10(17)6-13(12)20-9)18-8-14-15(2,3)16(14,4)5/h6-7,14,18H,8,17H2,1-5H3. The van der Waals surface area contributed by atoms with Gasteiger partial charge in [-0.1, -0.05) is 27.7 Å². The van der Waals surface area contributed by atoms with Crippen LogP contribution in [0.3, 0.4) is 0 Å². The van der Waals surface area contributed by atoms with Gasteiger partial charge >= 0.3 is 0 Å². The zero-order valence-electron chi connectivity index (χ0n) is 12.9. The number of benzene rings is 1. The van der Waals surface area contributed by atoms with Crippen LogP contribution in [0.1, 0.15) is 32.7 Å². The molecule has 1 aromatic carbocycles. The van der Waals surface area contributed by atoms with Crippen molar-refractivity contribution < 1.29 is 0 Å². The second kappa shape index (κ2) is 4.10. The summed E-state index contributed by atoms with van der Waals surface area (Å²) in [5.74, 6) is 0.683. The maximum absolute atomic E-state index is 6.15. The van der Waals surface area contributed by atoms with Gasteiger partial charge < -0.3 is 11.1 Å². The average molecular weight is 289 g/mol. The smallest absolute Gasteiger partial charge is 0.0907 e. The fourth-order valence-corrected chi connectivity index (χ4v) is 4.17. The third-order valence-electron chi connectivity index (χ3n) is 5.48. The molecule has 0 spiro atoms. The molecule has 3 N–H and O–H groups in total. The third kappa shape index (κ3) is 1.89. The van der Waals surface area contributed by atoms with E-state index in [0.717, 1.165) is 33.1 Å². The first-order chi connectivity index (χ1) is 9.23. The number of aryl methyl sites for hydroxylation is 1. The van der Waals surface area contributed by atoms with Crippen molar-refractivity contribution in [3.8, 4) is 0 Å². The quantitative estimate of drug-likeness (QED) is 0.829. The molecular weight excluding hydrogens is 266 g/mol. The molecule has 20 heavy (non-hydrogen) atoms. The van der Waals surface area contributed by atoms with Gasteiger partial charge in [0.15, 0.2) is 0 Å². The first-order valence-corrected chi connectivity index (χ1v) is 7.95. The summed E-state index contributed by atoms with van der Waals surface area (Å²) < 4.78 is 1.16. The van der Waals surface area contributed by atoms with Crippen molar-refractivity contribution in [3.05, 3.63) is 17.1 Å². The van der Waals surface area contributed by atoms with Gasteiger partial charge in [0.25, 0.3) is 0 Å². The van der Waals surface area contributed by atoms with Gasteiger partial charge in [-0.15, -0.1) is 11.3 Å². The number of hydrogen-bond donors (Lipinski definition) is 2. The van der Waals surface area contributed by atoms with Crippen LogP contribution >= 0.6 is 11.3 Å². The molecule has 2 aromatic rings. The van der Waals surface area contributed by atoms with Crippen LogP contribution in [-0.2, 0) is 0 Å². The van der Waals surface area contributed by atoms with E-state index in [4.69, 9.17) is 5.73 Å². The first-order valence-electron chi connectivity index (χ1n) is 7.14. The number of nitrogens with two attached hydrogens (primary N) is 1. The van der Waals surface area contributed by atoms with Crippen LogP contribution in [0.4, 0.5) is 11.4 Å². The van der Waals surface area contributed by atoms with Crippen LogP contribution in [-0.4, -0.2) is 11.5 Å². The Morgan fingerprint density at radius 3 is 2.50 bits per heavy atom. The number of anilines is 2. The SMILES string of the molecule is Cc1nc2cc(NCC3C(C)(C)C3(C)C)c(N)cc2s1. The zero-order valence-corrected chi connectivity index (χ0v) is 13.7. The summed E-state index contributed by atoms with van der Waals surface area (Å²) in [6, 6.07) is 4.11. The highest BCUT2D eigenvalue weighted by Gasteiger charge is 2.64.